The lowest BCUT2D eigenvalue weighted by Gasteiger charge is -2.36. The zero-order valence-electron chi connectivity index (χ0n) is 11.9. The van der Waals surface area contributed by atoms with Crippen molar-refractivity contribution in [2.75, 3.05) is 6.54 Å². The standard InChI is InChI=1S/C14H21N3O4/c18-12(19)8-14(5-2-1-3-6-14)10-16-13(20)15-9-11-4-7-17-21-11/h4,7H,1-3,5-6,8-10H2,(H,18,19)(H2,15,16,20). The van der Waals surface area contributed by atoms with Crippen LogP contribution >= 0.6 is 0 Å². The lowest BCUT2D eigenvalue weighted by Crippen LogP contribution is -2.44. The van der Waals surface area contributed by atoms with E-state index >= 15 is 0 Å². The van der Waals surface area contributed by atoms with Crippen LogP contribution in [-0.4, -0.2) is 28.8 Å². The van der Waals surface area contributed by atoms with Gasteiger partial charge in [0.05, 0.1) is 19.2 Å². The number of amides is 2. The summed E-state index contributed by atoms with van der Waals surface area (Å²) in [5.41, 5.74) is -0.312. The van der Waals surface area contributed by atoms with Crippen molar-refractivity contribution < 1.29 is 19.2 Å². The molecule has 0 atom stereocenters. The Morgan fingerprint density at radius 2 is 2.05 bits per heavy atom. The van der Waals surface area contributed by atoms with Gasteiger partial charge in [-0.15, -0.1) is 0 Å². The summed E-state index contributed by atoms with van der Waals surface area (Å²) in [5.74, 6) is -0.233. The predicted octanol–water partition coefficient (Wildman–Crippen LogP) is 1.90. The number of nitrogens with zero attached hydrogens (tertiary/aromatic N) is 1. The quantitative estimate of drug-likeness (QED) is 0.743. The van der Waals surface area contributed by atoms with Gasteiger partial charge in [0.15, 0.2) is 5.76 Å². The maximum Gasteiger partial charge on any atom is 0.315 e. The molecule has 1 aliphatic carbocycles. The number of aliphatic carboxylic acids is 1. The zero-order valence-corrected chi connectivity index (χ0v) is 11.9. The normalized spacial score (nSPS) is 17.1. The summed E-state index contributed by atoms with van der Waals surface area (Å²) in [5, 5.41) is 18.1. The average molecular weight is 295 g/mol. The second-order valence-corrected chi connectivity index (χ2v) is 5.65. The van der Waals surface area contributed by atoms with Crippen molar-refractivity contribution in [3.05, 3.63) is 18.0 Å². The molecule has 1 aromatic rings. The van der Waals surface area contributed by atoms with E-state index < -0.39 is 5.97 Å². The molecular formula is C14H21N3O4. The Bertz CT molecular complexity index is 467. The number of hydrogen-bond acceptors (Lipinski definition) is 4. The number of carbonyl (C=O) groups excluding carboxylic acids is 1. The number of urea groups is 1. The van der Waals surface area contributed by atoms with Crippen molar-refractivity contribution >= 4 is 12.0 Å². The highest BCUT2D eigenvalue weighted by atomic mass is 16.5. The highest BCUT2D eigenvalue weighted by Gasteiger charge is 2.34. The van der Waals surface area contributed by atoms with Crippen LogP contribution in [0.1, 0.15) is 44.3 Å². The number of rotatable bonds is 6. The molecule has 0 unspecified atom stereocenters. The van der Waals surface area contributed by atoms with Crippen LogP contribution in [0.15, 0.2) is 16.8 Å². The SMILES string of the molecule is O=C(O)CC1(CNC(=O)NCc2ccno2)CCCCC1. The lowest BCUT2D eigenvalue weighted by molar-refractivity contribution is -0.140. The summed E-state index contributed by atoms with van der Waals surface area (Å²) >= 11 is 0. The minimum atomic E-state index is -0.805. The molecule has 2 rings (SSSR count). The molecule has 3 N–H and O–H groups in total. The Hall–Kier alpha value is -2.05. The minimum absolute atomic E-state index is 0.107. The molecule has 1 aromatic heterocycles. The Morgan fingerprint density at radius 1 is 1.29 bits per heavy atom. The van der Waals surface area contributed by atoms with Gasteiger partial charge >= 0.3 is 12.0 Å². The summed E-state index contributed by atoms with van der Waals surface area (Å²) in [6.07, 6.45) is 6.50. The summed E-state index contributed by atoms with van der Waals surface area (Å²) < 4.78 is 4.88. The van der Waals surface area contributed by atoms with Crippen molar-refractivity contribution in [2.45, 2.75) is 45.1 Å². The van der Waals surface area contributed by atoms with Crippen LogP contribution in [0.5, 0.6) is 0 Å². The fourth-order valence-corrected chi connectivity index (χ4v) is 2.87. The first-order chi connectivity index (χ1) is 10.1. The Kier molecular flexibility index (Phi) is 5.19. The van der Waals surface area contributed by atoms with E-state index in [0.29, 0.717) is 12.3 Å². The Balaban J connectivity index is 1.80. The van der Waals surface area contributed by atoms with Crippen LogP contribution in [0, 0.1) is 5.41 Å². The van der Waals surface area contributed by atoms with Crippen molar-refractivity contribution in [1.82, 2.24) is 15.8 Å². The first-order valence-corrected chi connectivity index (χ1v) is 7.23. The van der Waals surface area contributed by atoms with E-state index in [1.54, 1.807) is 6.07 Å². The number of hydrogen-bond donors (Lipinski definition) is 3. The maximum atomic E-state index is 11.8. The fourth-order valence-electron chi connectivity index (χ4n) is 2.87. The fraction of sp³-hybridized carbons (Fsp3) is 0.643. The molecule has 1 heterocycles. The molecule has 7 heteroatoms. The highest BCUT2D eigenvalue weighted by Crippen LogP contribution is 2.38. The second-order valence-electron chi connectivity index (χ2n) is 5.65. The van der Waals surface area contributed by atoms with Crippen molar-refractivity contribution in [3.8, 4) is 0 Å². The molecule has 7 nitrogen and oxygen atoms in total. The van der Waals surface area contributed by atoms with Gasteiger partial charge in [-0.3, -0.25) is 4.79 Å². The number of nitrogens with one attached hydrogen (secondary N) is 2. The second kappa shape index (κ2) is 7.10. The van der Waals surface area contributed by atoms with E-state index in [-0.39, 0.29) is 24.4 Å². The summed E-state index contributed by atoms with van der Waals surface area (Å²) in [7, 11) is 0. The third kappa shape index (κ3) is 4.77. The lowest BCUT2D eigenvalue weighted by atomic mass is 9.72. The average Bonchev–Trinajstić information content (AvgIpc) is 2.96. The molecule has 2 amide bonds. The molecule has 0 spiro atoms. The van der Waals surface area contributed by atoms with Crippen LogP contribution in [0.4, 0.5) is 4.79 Å². The van der Waals surface area contributed by atoms with Gasteiger partial charge in [-0.1, -0.05) is 24.4 Å². The number of carboxylic acids is 1. The molecular weight excluding hydrogens is 274 g/mol. The summed E-state index contributed by atoms with van der Waals surface area (Å²) in [6, 6.07) is 1.36. The topological polar surface area (TPSA) is 104 Å². The zero-order chi connectivity index (χ0) is 15.1. The number of carboxylic acid groups (broad SMARTS) is 1. The van der Waals surface area contributed by atoms with E-state index in [2.05, 4.69) is 15.8 Å². The van der Waals surface area contributed by atoms with Gasteiger partial charge in [0.1, 0.15) is 0 Å². The van der Waals surface area contributed by atoms with Gasteiger partial charge in [0.2, 0.25) is 0 Å². The highest BCUT2D eigenvalue weighted by molar-refractivity contribution is 5.74. The molecule has 0 aromatic carbocycles. The molecule has 1 saturated carbocycles. The molecule has 0 aliphatic heterocycles. The van der Waals surface area contributed by atoms with E-state index in [1.807, 2.05) is 0 Å². The van der Waals surface area contributed by atoms with E-state index in [0.717, 1.165) is 32.1 Å². The van der Waals surface area contributed by atoms with Crippen LogP contribution in [0.2, 0.25) is 0 Å². The molecule has 1 aliphatic rings. The van der Waals surface area contributed by atoms with Crippen LogP contribution < -0.4 is 10.6 Å². The van der Waals surface area contributed by atoms with Gasteiger partial charge in [-0.25, -0.2) is 4.79 Å². The van der Waals surface area contributed by atoms with Gasteiger partial charge in [-0.2, -0.15) is 0 Å². The summed E-state index contributed by atoms with van der Waals surface area (Å²) in [6.45, 7) is 0.652. The number of carbonyl (C=O) groups is 2. The first-order valence-electron chi connectivity index (χ1n) is 7.23. The van der Waals surface area contributed by atoms with Crippen LogP contribution in [0.3, 0.4) is 0 Å². The predicted molar refractivity (Wildman–Crippen MR) is 74.5 cm³/mol. The monoisotopic (exact) mass is 295 g/mol. The van der Waals surface area contributed by atoms with Gasteiger partial charge < -0.3 is 20.3 Å². The minimum Gasteiger partial charge on any atom is -0.481 e. The van der Waals surface area contributed by atoms with Gasteiger partial charge in [-0.05, 0) is 18.3 Å². The molecule has 0 bridgehead atoms. The van der Waals surface area contributed by atoms with Crippen LogP contribution in [0.25, 0.3) is 0 Å². The van der Waals surface area contributed by atoms with Crippen LogP contribution in [-0.2, 0) is 11.3 Å². The van der Waals surface area contributed by atoms with Gasteiger partial charge in [0, 0.05) is 12.6 Å². The first kappa shape index (κ1) is 15.3. The van der Waals surface area contributed by atoms with E-state index in [9.17, 15) is 9.59 Å². The summed E-state index contributed by atoms with van der Waals surface area (Å²) in [4.78, 5) is 22.8. The Labute approximate surface area is 123 Å². The van der Waals surface area contributed by atoms with E-state index in [1.165, 1.54) is 6.20 Å². The molecule has 0 saturated heterocycles. The molecule has 1 fully saturated rings. The van der Waals surface area contributed by atoms with E-state index in [4.69, 9.17) is 9.63 Å². The molecule has 21 heavy (non-hydrogen) atoms. The molecule has 116 valence electrons. The smallest absolute Gasteiger partial charge is 0.315 e. The van der Waals surface area contributed by atoms with Crippen molar-refractivity contribution in [2.24, 2.45) is 5.41 Å². The Morgan fingerprint density at radius 3 is 2.67 bits per heavy atom. The number of aromatic nitrogens is 1. The molecule has 0 radical (unpaired) electrons. The third-order valence-corrected chi connectivity index (χ3v) is 3.98. The third-order valence-electron chi connectivity index (χ3n) is 3.98. The van der Waals surface area contributed by atoms with Crippen molar-refractivity contribution in [3.63, 3.8) is 0 Å². The maximum absolute atomic E-state index is 11.8. The largest absolute Gasteiger partial charge is 0.481 e. The van der Waals surface area contributed by atoms with Gasteiger partial charge in [0.25, 0.3) is 0 Å². The van der Waals surface area contributed by atoms with Crippen molar-refractivity contribution in [1.29, 1.82) is 0 Å².